The van der Waals surface area contributed by atoms with Gasteiger partial charge in [0, 0.05) is 24.2 Å². The molecule has 2 aliphatic carbocycles. The van der Waals surface area contributed by atoms with Crippen LogP contribution in [0.15, 0.2) is 0 Å². The van der Waals surface area contributed by atoms with E-state index in [1.807, 2.05) is 0 Å². The van der Waals surface area contributed by atoms with Gasteiger partial charge in [0.25, 0.3) is 0 Å². The zero-order chi connectivity index (χ0) is 14.1. The van der Waals surface area contributed by atoms with Crippen LogP contribution in [0.1, 0.15) is 78.1 Å². The smallest absolute Gasteiger partial charge is 0.0329 e. The predicted octanol–water partition coefficient (Wildman–Crippen LogP) is 3.95. The summed E-state index contributed by atoms with van der Waals surface area (Å²) in [5.74, 6) is 1.07. The molecule has 0 radical (unpaired) electrons. The summed E-state index contributed by atoms with van der Waals surface area (Å²) < 4.78 is 0. The van der Waals surface area contributed by atoms with Gasteiger partial charge < -0.3 is 5.32 Å². The Morgan fingerprint density at radius 1 is 1.05 bits per heavy atom. The number of nitrogens with one attached hydrogen (secondary N) is 1. The molecule has 2 heteroatoms. The van der Waals surface area contributed by atoms with Crippen LogP contribution in [0.4, 0.5) is 0 Å². The van der Waals surface area contributed by atoms with Gasteiger partial charge in [-0.25, -0.2) is 0 Å². The van der Waals surface area contributed by atoms with Crippen molar-refractivity contribution in [3.05, 3.63) is 0 Å². The van der Waals surface area contributed by atoms with Crippen molar-refractivity contribution in [2.24, 2.45) is 5.92 Å². The van der Waals surface area contributed by atoms with Crippen molar-refractivity contribution in [2.45, 2.75) is 89.1 Å². The van der Waals surface area contributed by atoms with Crippen LogP contribution in [0.5, 0.6) is 0 Å². The molecule has 116 valence electrons. The SMILES string of the molecule is CCC1(CC)CNC2(CCCCC2)CN1CCC1CC1. The summed E-state index contributed by atoms with van der Waals surface area (Å²) in [5.41, 5.74) is 0.910. The lowest BCUT2D eigenvalue weighted by Gasteiger charge is -2.56. The van der Waals surface area contributed by atoms with E-state index in [4.69, 9.17) is 0 Å². The molecule has 1 heterocycles. The Morgan fingerprint density at radius 3 is 2.35 bits per heavy atom. The molecule has 1 N–H and O–H groups in total. The minimum Gasteiger partial charge on any atom is -0.308 e. The maximum absolute atomic E-state index is 4.02. The van der Waals surface area contributed by atoms with Crippen molar-refractivity contribution in [2.75, 3.05) is 19.6 Å². The van der Waals surface area contributed by atoms with E-state index < -0.39 is 0 Å². The average Bonchev–Trinajstić information content (AvgIpc) is 3.31. The van der Waals surface area contributed by atoms with Crippen molar-refractivity contribution in [1.82, 2.24) is 10.2 Å². The first-order valence-corrected chi connectivity index (χ1v) is 9.22. The highest BCUT2D eigenvalue weighted by Gasteiger charge is 2.45. The Bertz CT molecular complexity index is 311. The van der Waals surface area contributed by atoms with Crippen LogP contribution in [0.3, 0.4) is 0 Å². The molecule has 2 saturated carbocycles. The van der Waals surface area contributed by atoms with E-state index in [2.05, 4.69) is 24.1 Å². The summed E-state index contributed by atoms with van der Waals surface area (Å²) in [6.07, 6.45) is 14.2. The summed E-state index contributed by atoms with van der Waals surface area (Å²) >= 11 is 0. The lowest BCUT2D eigenvalue weighted by atomic mass is 9.75. The molecule has 0 unspecified atom stereocenters. The monoisotopic (exact) mass is 278 g/mol. The standard InChI is InChI=1S/C18H34N2/c1-3-18(4-2)14-19-17(11-6-5-7-12-17)15-20(18)13-10-16-8-9-16/h16,19H,3-15H2,1-2H3. The van der Waals surface area contributed by atoms with Gasteiger partial charge in [0.15, 0.2) is 0 Å². The van der Waals surface area contributed by atoms with Crippen molar-refractivity contribution in [1.29, 1.82) is 0 Å². The van der Waals surface area contributed by atoms with E-state index >= 15 is 0 Å². The number of piperazine rings is 1. The Hall–Kier alpha value is -0.0800. The van der Waals surface area contributed by atoms with E-state index in [1.165, 1.54) is 83.8 Å². The fourth-order valence-corrected chi connectivity index (χ4v) is 4.62. The second kappa shape index (κ2) is 5.96. The zero-order valence-electron chi connectivity index (χ0n) is 13.7. The summed E-state index contributed by atoms with van der Waals surface area (Å²) in [6, 6.07) is 0. The second-order valence-corrected chi connectivity index (χ2v) is 7.78. The third-order valence-corrected chi connectivity index (χ3v) is 6.59. The summed E-state index contributed by atoms with van der Waals surface area (Å²) in [4.78, 5) is 2.91. The highest BCUT2D eigenvalue weighted by atomic mass is 15.3. The van der Waals surface area contributed by atoms with Gasteiger partial charge in [-0.2, -0.15) is 0 Å². The Labute approximate surface area is 125 Å². The predicted molar refractivity (Wildman–Crippen MR) is 86.0 cm³/mol. The van der Waals surface area contributed by atoms with Crippen LogP contribution in [0.25, 0.3) is 0 Å². The van der Waals surface area contributed by atoms with E-state index in [0.29, 0.717) is 11.1 Å². The van der Waals surface area contributed by atoms with Crippen molar-refractivity contribution >= 4 is 0 Å². The maximum Gasteiger partial charge on any atom is 0.0329 e. The van der Waals surface area contributed by atoms with E-state index in [1.54, 1.807) is 0 Å². The fourth-order valence-electron chi connectivity index (χ4n) is 4.62. The third-order valence-electron chi connectivity index (χ3n) is 6.59. The molecule has 3 rings (SSSR count). The minimum absolute atomic E-state index is 0.442. The van der Waals surface area contributed by atoms with Crippen LogP contribution in [0, 0.1) is 5.92 Å². The molecule has 1 aliphatic heterocycles. The first-order chi connectivity index (χ1) is 9.72. The molecule has 2 nitrogen and oxygen atoms in total. The van der Waals surface area contributed by atoms with Gasteiger partial charge in [0.1, 0.15) is 0 Å². The van der Waals surface area contributed by atoms with Crippen LogP contribution in [-0.2, 0) is 0 Å². The molecule has 3 aliphatic rings. The molecule has 20 heavy (non-hydrogen) atoms. The molecule has 0 aromatic heterocycles. The van der Waals surface area contributed by atoms with E-state index in [0.717, 1.165) is 5.92 Å². The molecule has 0 amide bonds. The average molecular weight is 278 g/mol. The molecule has 3 fully saturated rings. The Balaban J connectivity index is 1.69. The quantitative estimate of drug-likeness (QED) is 0.819. The molecule has 0 aromatic carbocycles. The second-order valence-electron chi connectivity index (χ2n) is 7.78. The van der Waals surface area contributed by atoms with Gasteiger partial charge in [0.2, 0.25) is 0 Å². The lowest BCUT2D eigenvalue weighted by molar-refractivity contribution is -0.0156. The zero-order valence-corrected chi connectivity index (χ0v) is 13.7. The minimum atomic E-state index is 0.442. The fraction of sp³-hybridized carbons (Fsp3) is 1.00. The van der Waals surface area contributed by atoms with Crippen LogP contribution < -0.4 is 5.32 Å². The summed E-state index contributed by atoms with van der Waals surface area (Å²) in [6.45, 7) is 8.70. The van der Waals surface area contributed by atoms with Crippen molar-refractivity contribution in [3.8, 4) is 0 Å². The largest absolute Gasteiger partial charge is 0.308 e. The van der Waals surface area contributed by atoms with E-state index in [-0.39, 0.29) is 0 Å². The molecular formula is C18H34N2. The lowest BCUT2D eigenvalue weighted by Crippen LogP contribution is -2.70. The van der Waals surface area contributed by atoms with Gasteiger partial charge in [-0.3, -0.25) is 4.90 Å². The normalized spacial score (nSPS) is 29.7. The van der Waals surface area contributed by atoms with Gasteiger partial charge in [-0.05, 0) is 44.6 Å². The topological polar surface area (TPSA) is 15.3 Å². The number of hydrogen-bond acceptors (Lipinski definition) is 2. The van der Waals surface area contributed by atoms with Crippen LogP contribution in [-0.4, -0.2) is 35.6 Å². The molecule has 0 bridgehead atoms. The maximum atomic E-state index is 4.02. The highest BCUT2D eigenvalue weighted by Crippen LogP contribution is 2.39. The van der Waals surface area contributed by atoms with E-state index in [9.17, 15) is 0 Å². The molecule has 0 aromatic rings. The molecule has 1 saturated heterocycles. The highest BCUT2D eigenvalue weighted by molar-refractivity contribution is 5.05. The van der Waals surface area contributed by atoms with Crippen LogP contribution in [0.2, 0.25) is 0 Å². The first kappa shape index (κ1) is 14.8. The molecule has 1 spiro atoms. The molecular weight excluding hydrogens is 244 g/mol. The van der Waals surface area contributed by atoms with Gasteiger partial charge in [-0.15, -0.1) is 0 Å². The Morgan fingerprint density at radius 2 is 1.75 bits per heavy atom. The third kappa shape index (κ3) is 2.92. The summed E-state index contributed by atoms with van der Waals surface area (Å²) in [7, 11) is 0. The molecule has 0 atom stereocenters. The summed E-state index contributed by atoms with van der Waals surface area (Å²) in [5, 5.41) is 4.02. The van der Waals surface area contributed by atoms with Gasteiger partial charge >= 0.3 is 0 Å². The number of hydrogen-bond donors (Lipinski definition) is 1. The van der Waals surface area contributed by atoms with Crippen LogP contribution >= 0.6 is 0 Å². The van der Waals surface area contributed by atoms with Gasteiger partial charge in [-0.1, -0.05) is 46.0 Å². The first-order valence-electron chi connectivity index (χ1n) is 9.22. The van der Waals surface area contributed by atoms with Crippen molar-refractivity contribution in [3.63, 3.8) is 0 Å². The number of nitrogens with zero attached hydrogens (tertiary/aromatic N) is 1. The number of rotatable bonds is 5. The Kier molecular flexibility index (Phi) is 4.42. The van der Waals surface area contributed by atoms with Crippen molar-refractivity contribution < 1.29 is 0 Å². The van der Waals surface area contributed by atoms with Gasteiger partial charge in [0.05, 0.1) is 0 Å².